The maximum absolute atomic E-state index is 10.7. The molecule has 0 rings (SSSR count). The van der Waals surface area contributed by atoms with Gasteiger partial charge in [-0.2, -0.15) is 5.26 Å². The Morgan fingerprint density at radius 1 is 1.27 bits per heavy atom. The zero-order chi connectivity index (χ0) is 11.5. The van der Waals surface area contributed by atoms with Gasteiger partial charge in [-0.25, -0.2) is 0 Å². The van der Waals surface area contributed by atoms with Gasteiger partial charge in [0.15, 0.2) is 0 Å². The normalized spacial score (nSPS) is 10.0. The van der Waals surface area contributed by atoms with Gasteiger partial charge in [0.05, 0.1) is 32.0 Å². The van der Waals surface area contributed by atoms with Gasteiger partial charge in [-0.1, -0.05) is 0 Å². The predicted octanol–water partition coefficient (Wildman–Crippen LogP) is 0.885. The lowest BCUT2D eigenvalue weighted by molar-refractivity contribution is -0.144. The molecule has 5 heteroatoms. The SMILES string of the molecule is CC(C)OCCOCCOC(=O)CC#N. The molecule has 0 aromatic rings. The molecule has 0 aliphatic carbocycles. The van der Waals surface area contributed by atoms with Crippen LogP contribution in [0.1, 0.15) is 20.3 Å². The maximum atomic E-state index is 10.7. The molecule has 0 aliphatic heterocycles. The Morgan fingerprint density at radius 2 is 1.93 bits per heavy atom. The number of hydrogen-bond donors (Lipinski definition) is 0. The third-order valence-corrected chi connectivity index (χ3v) is 1.39. The molecule has 86 valence electrons. The second-order valence-corrected chi connectivity index (χ2v) is 3.09. The summed E-state index contributed by atoms with van der Waals surface area (Å²) in [5.41, 5.74) is 0. The molecule has 0 amide bonds. The van der Waals surface area contributed by atoms with E-state index in [-0.39, 0.29) is 19.1 Å². The largest absolute Gasteiger partial charge is 0.462 e. The van der Waals surface area contributed by atoms with Gasteiger partial charge >= 0.3 is 5.97 Å². The van der Waals surface area contributed by atoms with Crippen molar-refractivity contribution >= 4 is 5.97 Å². The summed E-state index contributed by atoms with van der Waals surface area (Å²) in [6.07, 6.45) is -0.0155. The van der Waals surface area contributed by atoms with Crippen molar-refractivity contribution in [3.05, 3.63) is 0 Å². The zero-order valence-corrected chi connectivity index (χ0v) is 9.19. The fraction of sp³-hybridized carbons (Fsp3) is 0.800. The van der Waals surface area contributed by atoms with Crippen LogP contribution < -0.4 is 0 Å². The molecular formula is C10H17NO4. The van der Waals surface area contributed by atoms with Crippen LogP contribution in [0.15, 0.2) is 0 Å². The maximum Gasteiger partial charge on any atom is 0.320 e. The Balaban J connectivity index is 3.12. The predicted molar refractivity (Wildman–Crippen MR) is 53.1 cm³/mol. The number of carbonyl (C=O) groups is 1. The van der Waals surface area contributed by atoms with Gasteiger partial charge < -0.3 is 14.2 Å². The highest BCUT2D eigenvalue weighted by atomic mass is 16.6. The van der Waals surface area contributed by atoms with Crippen molar-refractivity contribution in [3.8, 4) is 6.07 Å². The molecule has 0 aromatic carbocycles. The summed E-state index contributed by atoms with van der Waals surface area (Å²) in [6.45, 7) is 5.42. The van der Waals surface area contributed by atoms with Crippen molar-refractivity contribution in [2.75, 3.05) is 26.4 Å². The van der Waals surface area contributed by atoms with Crippen LogP contribution in [0.4, 0.5) is 0 Å². The first-order valence-electron chi connectivity index (χ1n) is 4.88. The second-order valence-electron chi connectivity index (χ2n) is 3.09. The number of hydrogen-bond acceptors (Lipinski definition) is 5. The highest BCUT2D eigenvalue weighted by Crippen LogP contribution is 1.88. The van der Waals surface area contributed by atoms with E-state index >= 15 is 0 Å². The molecule has 0 unspecified atom stereocenters. The summed E-state index contributed by atoms with van der Waals surface area (Å²) in [4.78, 5) is 10.7. The fourth-order valence-electron chi connectivity index (χ4n) is 0.775. The molecule has 0 fully saturated rings. The van der Waals surface area contributed by atoms with Crippen LogP contribution in [0.2, 0.25) is 0 Å². The summed E-state index contributed by atoms with van der Waals surface area (Å²) in [5.74, 6) is -0.514. The smallest absolute Gasteiger partial charge is 0.320 e. The number of ether oxygens (including phenoxy) is 3. The van der Waals surface area contributed by atoms with Gasteiger partial charge in [0.1, 0.15) is 13.0 Å². The first kappa shape index (κ1) is 13.9. The first-order chi connectivity index (χ1) is 7.16. The second kappa shape index (κ2) is 9.44. The van der Waals surface area contributed by atoms with Crippen molar-refractivity contribution < 1.29 is 19.0 Å². The van der Waals surface area contributed by atoms with Crippen molar-refractivity contribution in [2.24, 2.45) is 0 Å². The molecular weight excluding hydrogens is 198 g/mol. The number of nitrogens with zero attached hydrogens (tertiary/aromatic N) is 1. The number of rotatable bonds is 8. The van der Waals surface area contributed by atoms with E-state index in [0.717, 1.165) is 0 Å². The van der Waals surface area contributed by atoms with Crippen molar-refractivity contribution in [3.63, 3.8) is 0 Å². The van der Waals surface area contributed by atoms with Gasteiger partial charge in [-0.15, -0.1) is 0 Å². The minimum atomic E-state index is -0.514. The Hall–Kier alpha value is -1.12. The topological polar surface area (TPSA) is 68.6 Å². The van der Waals surface area contributed by atoms with Gasteiger partial charge in [0.2, 0.25) is 0 Å². The van der Waals surface area contributed by atoms with Gasteiger partial charge in [0, 0.05) is 0 Å². The Kier molecular flexibility index (Phi) is 8.73. The summed E-state index contributed by atoms with van der Waals surface area (Å²) < 4.78 is 15.0. The molecule has 0 bridgehead atoms. The van der Waals surface area contributed by atoms with Crippen LogP contribution in [0, 0.1) is 11.3 Å². The molecule has 0 heterocycles. The molecule has 0 aliphatic rings. The van der Waals surface area contributed by atoms with Crippen LogP contribution in [-0.4, -0.2) is 38.5 Å². The molecule has 0 atom stereocenters. The van der Waals surface area contributed by atoms with Crippen LogP contribution in [0.3, 0.4) is 0 Å². The summed E-state index contributed by atoms with van der Waals surface area (Å²) in [6, 6.07) is 1.71. The standard InChI is InChI=1S/C10H17NO4/c1-9(2)14-7-5-13-6-8-15-10(12)3-4-11/h9H,3,5-8H2,1-2H3. The van der Waals surface area contributed by atoms with Crippen molar-refractivity contribution in [1.82, 2.24) is 0 Å². The zero-order valence-electron chi connectivity index (χ0n) is 9.19. The molecule has 0 aromatic heterocycles. The molecule has 0 spiro atoms. The Morgan fingerprint density at radius 3 is 2.53 bits per heavy atom. The quantitative estimate of drug-likeness (QED) is 0.444. The van der Waals surface area contributed by atoms with Crippen LogP contribution in [0.25, 0.3) is 0 Å². The minimum absolute atomic E-state index is 0.183. The van der Waals surface area contributed by atoms with Crippen LogP contribution in [-0.2, 0) is 19.0 Å². The highest BCUT2D eigenvalue weighted by molar-refractivity contribution is 5.71. The van der Waals surface area contributed by atoms with E-state index in [9.17, 15) is 4.79 Å². The first-order valence-corrected chi connectivity index (χ1v) is 4.88. The van der Waals surface area contributed by atoms with E-state index in [0.29, 0.717) is 19.8 Å². The van der Waals surface area contributed by atoms with E-state index in [1.807, 2.05) is 13.8 Å². The Bertz CT molecular complexity index is 210. The molecule has 0 saturated carbocycles. The molecule has 5 nitrogen and oxygen atoms in total. The van der Waals surface area contributed by atoms with Crippen LogP contribution in [0.5, 0.6) is 0 Å². The van der Waals surface area contributed by atoms with E-state index in [1.165, 1.54) is 0 Å². The molecule has 0 radical (unpaired) electrons. The van der Waals surface area contributed by atoms with E-state index < -0.39 is 5.97 Å². The molecule has 0 N–H and O–H groups in total. The highest BCUT2D eigenvalue weighted by Gasteiger charge is 2.00. The summed E-state index contributed by atoms with van der Waals surface area (Å²) in [5, 5.41) is 8.16. The lowest BCUT2D eigenvalue weighted by Gasteiger charge is -2.08. The van der Waals surface area contributed by atoms with E-state index in [2.05, 4.69) is 4.74 Å². The number of nitriles is 1. The third kappa shape index (κ3) is 10.8. The van der Waals surface area contributed by atoms with Gasteiger partial charge in [-0.05, 0) is 13.8 Å². The lowest BCUT2D eigenvalue weighted by Crippen LogP contribution is -2.14. The number of carbonyl (C=O) groups excluding carboxylic acids is 1. The van der Waals surface area contributed by atoms with Gasteiger partial charge in [-0.3, -0.25) is 4.79 Å². The number of esters is 1. The fourth-order valence-corrected chi connectivity index (χ4v) is 0.775. The monoisotopic (exact) mass is 215 g/mol. The van der Waals surface area contributed by atoms with Gasteiger partial charge in [0.25, 0.3) is 0 Å². The van der Waals surface area contributed by atoms with E-state index in [1.54, 1.807) is 6.07 Å². The molecule has 15 heavy (non-hydrogen) atoms. The lowest BCUT2D eigenvalue weighted by atomic mass is 10.5. The summed E-state index contributed by atoms with van der Waals surface area (Å²) in [7, 11) is 0. The van der Waals surface area contributed by atoms with E-state index in [4.69, 9.17) is 14.7 Å². The molecule has 0 saturated heterocycles. The average molecular weight is 215 g/mol. The van der Waals surface area contributed by atoms with Crippen molar-refractivity contribution in [1.29, 1.82) is 5.26 Å². The average Bonchev–Trinajstić information content (AvgIpc) is 2.16. The van der Waals surface area contributed by atoms with Crippen LogP contribution >= 0.6 is 0 Å². The Labute approximate surface area is 89.9 Å². The third-order valence-electron chi connectivity index (χ3n) is 1.39. The summed E-state index contributed by atoms with van der Waals surface area (Å²) >= 11 is 0. The minimum Gasteiger partial charge on any atom is -0.462 e. The van der Waals surface area contributed by atoms with Crippen molar-refractivity contribution in [2.45, 2.75) is 26.4 Å².